The number of urea groups is 1. The maximum absolute atomic E-state index is 11.9. The highest BCUT2D eigenvalue weighted by Gasteiger charge is 2.27. The van der Waals surface area contributed by atoms with E-state index in [1.54, 1.807) is 0 Å². The molecule has 0 unspecified atom stereocenters. The van der Waals surface area contributed by atoms with Gasteiger partial charge in [0, 0.05) is 6.04 Å². The Balaban J connectivity index is 2.19. The van der Waals surface area contributed by atoms with Crippen LogP contribution in [0.4, 0.5) is 4.79 Å². The molecular formula is C10H10Cl2N2O3S. The fourth-order valence-electron chi connectivity index (χ4n) is 1.31. The lowest BCUT2D eigenvalue weighted by atomic mass is 10.4. The third-order valence-corrected chi connectivity index (χ3v) is 4.65. The lowest BCUT2D eigenvalue weighted by Crippen LogP contribution is -2.40. The molecule has 1 saturated carbocycles. The number of carbonyl (C=O) groups is 1. The zero-order chi connectivity index (χ0) is 13.3. The molecule has 1 aromatic rings. The number of hydrogen-bond acceptors (Lipinski definition) is 3. The molecule has 0 radical (unpaired) electrons. The van der Waals surface area contributed by atoms with Gasteiger partial charge in [-0.05, 0) is 25.0 Å². The summed E-state index contributed by atoms with van der Waals surface area (Å²) in [6, 6.07) is 3.50. The molecule has 1 aromatic carbocycles. The van der Waals surface area contributed by atoms with Crippen molar-refractivity contribution in [2.24, 2.45) is 0 Å². The highest BCUT2D eigenvalue weighted by Crippen LogP contribution is 2.28. The van der Waals surface area contributed by atoms with Gasteiger partial charge in [-0.25, -0.2) is 17.9 Å². The molecule has 0 bridgehead atoms. The number of nitrogens with one attached hydrogen (secondary N) is 2. The maximum atomic E-state index is 11.9. The van der Waals surface area contributed by atoms with E-state index < -0.39 is 16.1 Å². The van der Waals surface area contributed by atoms with Gasteiger partial charge in [-0.15, -0.1) is 0 Å². The summed E-state index contributed by atoms with van der Waals surface area (Å²) in [5.41, 5.74) is 0. The van der Waals surface area contributed by atoms with Crippen LogP contribution in [0, 0.1) is 0 Å². The monoisotopic (exact) mass is 308 g/mol. The minimum Gasteiger partial charge on any atom is -0.335 e. The van der Waals surface area contributed by atoms with Crippen LogP contribution in [0.25, 0.3) is 0 Å². The number of amides is 2. The van der Waals surface area contributed by atoms with Crippen molar-refractivity contribution in [2.45, 2.75) is 23.8 Å². The van der Waals surface area contributed by atoms with Crippen LogP contribution in [0.3, 0.4) is 0 Å². The molecule has 1 aliphatic carbocycles. The third kappa shape index (κ3) is 3.07. The van der Waals surface area contributed by atoms with Crippen LogP contribution < -0.4 is 10.0 Å². The lowest BCUT2D eigenvalue weighted by Gasteiger charge is -2.09. The number of sulfonamides is 1. The van der Waals surface area contributed by atoms with Gasteiger partial charge in [-0.1, -0.05) is 29.3 Å². The predicted molar refractivity (Wildman–Crippen MR) is 68.3 cm³/mol. The van der Waals surface area contributed by atoms with Crippen molar-refractivity contribution < 1.29 is 13.2 Å². The average Bonchev–Trinajstić information content (AvgIpc) is 3.04. The van der Waals surface area contributed by atoms with E-state index in [9.17, 15) is 13.2 Å². The normalized spacial score (nSPS) is 15.2. The smallest absolute Gasteiger partial charge is 0.328 e. The van der Waals surface area contributed by atoms with Crippen molar-refractivity contribution in [3.8, 4) is 0 Å². The first-order chi connectivity index (χ1) is 8.40. The molecule has 2 N–H and O–H groups in total. The summed E-state index contributed by atoms with van der Waals surface area (Å²) in [5, 5.41) is 2.52. The predicted octanol–water partition coefficient (Wildman–Crippen LogP) is 2.14. The molecule has 1 aliphatic rings. The van der Waals surface area contributed by atoms with Crippen LogP contribution in [-0.2, 0) is 10.0 Å². The van der Waals surface area contributed by atoms with E-state index in [2.05, 4.69) is 5.32 Å². The summed E-state index contributed by atoms with van der Waals surface area (Å²) >= 11 is 11.5. The number of rotatable bonds is 3. The number of hydrogen-bond donors (Lipinski definition) is 2. The number of carbonyl (C=O) groups excluding carboxylic acids is 1. The van der Waals surface area contributed by atoms with E-state index in [-0.39, 0.29) is 21.0 Å². The maximum Gasteiger partial charge on any atom is 0.328 e. The molecule has 0 atom stereocenters. The van der Waals surface area contributed by atoms with Crippen LogP contribution in [0.5, 0.6) is 0 Å². The van der Waals surface area contributed by atoms with Gasteiger partial charge in [-0.2, -0.15) is 0 Å². The highest BCUT2D eigenvalue weighted by molar-refractivity contribution is 7.90. The Morgan fingerprint density at radius 2 is 1.94 bits per heavy atom. The Morgan fingerprint density at radius 3 is 2.56 bits per heavy atom. The molecular weight excluding hydrogens is 299 g/mol. The fraction of sp³-hybridized carbons (Fsp3) is 0.300. The van der Waals surface area contributed by atoms with Gasteiger partial charge >= 0.3 is 6.03 Å². The van der Waals surface area contributed by atoms with Gasteiger partial charge < -0.3 is 5.32 Å². The van der Waals surface area contributed by atoms with Crippen LogP contribution in [0.1, 0.15) is 12.8 Å². The van der Waals surface area contributed by atoms with Crippen molar-refractivity contribution in [3.63, 3.8) is 0 Å². The second-order valence-corrected chi connectivity index (χ2v) is 6.34. The van der Waals surface area contributed by atoms with E-state index in [1.807, 2.05) is 4.72 Å². The first-order valence-electron chi connectivity index (χ1n) is 5.17. The summed E-state index contributed by atoms with van der Waals surface area (Å²) < 4.78 is 25.7. The van der Waals surface area contributed by atoms with Crippen molar-refractivity contribution in [1.29, 1.82) is 0 Å². The van der Waals surface area contributed by atoms with Crippen LogP contribution in [0.15, 0.2) is 23.1 Å². The third-order valence-electron chi connectivity index (χ3n) is 2.35. The summed E-state index contributed by atoms with van der Waals surface area (Å²) in [6.07, 6.45) is 1.73. The molecule has 0 spiro atoms. The Bertz CT molecular complexity index is 585. The van der Waals surface area contributed by atoms with E-state index in [1.165, 1.54) is 18.2 Å². The molecule has 0 aromatic heterocycles. The quantitative estimate of drug-likeness (QED) is 0.898. The van der Waals surface area contributed by atoms with Crippen LogP contribution >= 0.6 is 23.2 Å². The topological polar surface area (TPSA) is 75.3 Å². The second kappa shape index (κ2) is 4.95. The molecule has 98 valence electrons. The summed E-state index contributed by atoms with van der Waals surface area (Å²) in [6.45, 7) is 0. The zero-order valence-electron chi connectivity index (χ0n) is 9.11. The standard InChI is InChI=1S/C10H10Cl2N2O3S/c11-7-2-1-3-8(9(7)12)18(16,17)14-10(15)13-6-4-5-6/h1-3,6H,4-5H2,(H2,13,14,15). The lowest BCUT2D eigenvalue weighted by molar-refractivity contribution is 0.245. The fourth-order valence-corrected chi connectivity index (χ4v) is 2.99. The van der Waals surface area contributed by atoms with E-state index in [4.69, 9.17) is 23.2 Å². The van der Waals surface area contributed by atoms with E-state index >= 15 is 0 Å². The molecule has 5 nitrogen and oxygen atoms in total. The number of benzene rings is 1. The molecule has 18 heavy (non-hydrogen) atoms. The first kappa shape index (κ1) is 13.5. The largest absolute Gasteiger partial charge is 0.335 e. The van der Waals surface area contributed by atoms with Crippen LogP contribution in [-0.4, -0.2) is 20.5 Å². The molecule has 0 heterocycles. The van der Waals surface area contributed by atoms with Crippen molar-refractivity contribution in [3.05, 3.63) is 28.2 Å². The van der Waals surface area contributed by atoms with Gasteiger partial charge in [0.25, 0.3) is 10.0 Å². The van der Waals surface area contributed by atoms with Gasteiger partial charge in [0.1, 0.15) is 4.90 Å². The molecule has 0 aliphatic heterocycles. The summed E-state index contributed by atoms with van der Waals surface area (Å²) in [7, 11) is -4.01. The minimum absolute atomic E-state index is 0.0648. The Kier molecular flexibility index (Phi) is 3.70. The minimum atomic E-state index is -4.01. The van der Waals surface area contributed by atoms with Gasteiger partial charge in [0.05, 0.1) is 10.0 Å². The van der Waals surface area contributed by atoms with Gasteiger partial charge in [-0.3, -0.25) is 0 Å². The number of halogens is 2. The van der Waals surface area contributed by atoms with Gasteiger partial charge in [0.2, 0.25) is 0 Å². The highest BCUT2D eigenvalue weighted by atomic mass is 35.5. The molecule has 0 saturated heterocycles. The zero-order valence-corrected chi connectivity index (χ0v) is 11.4. The molecule has 1 fully saturated rings. The first-order valence-corrected chi connectivity index (χ1v) is 7.41. The van der Waals surface area contributed by atoms with E-state index in [0.29, 0.717) is 0 Å². The summed E-state index contributed by atoms with van der Waals surface area (Å²) in [5.74, 6) is 0. The van der Waals surface area contributed by atoms with Crippen LogP contribution in [0.2, 0.25) is 10.0 Å². The van der Waals surface area contributed by atoms with Gasteiger partial charge in [0.15, 0.2) is 0 Å². The Hall–Kier alpha value is -0.980. The Labute approximate surface area is 115 Å². The van der Waals surface area contributed by atoms with E-state index in [0.717, 1.165) is 12.8 Å². The van der Waals surface area contributed by atoms with Crippen molar-refractivity contribution >= 4 is 39.3 Å². The van der Waals surface area contributed by atoms with Crippen molar-refractivity contribution in [2.75, 3.05) is 0 Å². The average molecular weight is 309 g/mol. The SMILES string of the molecule is O=C(NC1CC1)NS(=O)(=O)c1cccc(Cl)c1Cl. The molecule has 2 amide bonds. The Morgan fingerprint density at radius 1 is 1.28 bits per heavy atom. The van der Waals surface area contributed by atoms with Crippen molar-refractivity contribution in [1.82, 2.24) is 10.0 Å². The second-order valence-electron chi connectivity index (χ2n) is 3.91. The summed E-state index contributed by atoms with van der Waals surface area (Å²) in [4.78, 5) is 11.2. The molecule has 2 rings (SSSR count). The molecule has 8 heteroatoms.